The Morgan fingerprint density at radius 1 is 0.639 bits per heavy atom. The minimum Gasteiger partial charge on any atom is -0.256 e. The minimum atomic E-state index is 0.209. The van der Waals surface area contributed by atoms with Crippen molar-refractivity contribution in [2.45, 2.75) is 58.3 Å². The van der Waals surface area contributed by atoms with Crippen LogP contribution in [0, 0.1) is 6.92 Å². The smallest absolute Gasteiger partial charge is 0.0780 e. The van der Waals surface area contributed by atoms with Crippen LogP contribution in [0.25, 0.3) is 53.0 Å². The monoisotopic (exact) mass is 485 g/mol. The third kappa shape index (κ3) is 3.24. The van der Waals surface area contributed by atoms with Gasteiger partial charge in [-0.25, -0.2) is 0 Å². The maximum absolute atomic E-state index is 4.89. The average molecular weight is 486 g/mol. The lowest BCUT2D eigenvalue weighted by Crippen LogP contribution is -2.33. The van der Waals surface area contributed by atoms with Gasteiger partial charge >= 0.3 is 0 Å². The topological polar surface area (TPSA) is 12.9 Å². The van der Waals surface area contributed by atoms with Gasteiger partial charge in [0, 0.05) is 37.3 Å². The van der Waals surface area contributed by atoms with Gasteiger partial charge in [-0.15, -0.1) is 11.3 Å². The molecule has 0 atom stereocenters. The van der Waals surface area contributed by atoms with E-state index in [9.17, 15) is 0 Å². The zero-order valence-electron chi connectivity index (χ0n) is 21.7. The number of aryl methyl sites for hydroxylation is 1. The second-order valence-corrected chi connectivity index (χ2v) is 13.1. The van der Waals surface area contributed by atoms with E-state index >= 15 is 0 Å². The fraction of sp³-hybridized carbons (Fsp3) is 0.265. The van der Waals surface area contributed by atoms with Gasteiger partial charge in [0.15, 0.2) is 0 Å². The molecule has 0 spiro atoms. The summed E-state index contributed by atoms with van der Waals surface area (Å²) >= 11 is 1.93. The van der Waals surface area contributed by atoms with E-state index in [1.165, 1.54) is 76.8 Å². The van der Waals surface area contributed by atoms with Crippen LogP contribution in [0.4, 0.5) is 0 Å². The van der Waals surface area contributed by atoms with Gasteiger partial charge in [0.1, 0.15) is 0 Å². The standard InChI is InChI=1S/C34H31NS/c1-20-6-7-22-15-24(9-8-21(22)14-20)32-25-17-26-27-18-28-29(34(4,5)12-11-33(28,2)3)19-31(27)36-30(26)16-23(25)10-13-35-32/h6-10,13-19H,11-12H2,1-5H3. The fourth-order valence-electron chi connectivity index (χ4n) is 6.24. The molecule has 0 N–H and O–H groups in total. The lowest BCUT2D eigenvalue weighted by molar-refractivity contribution is 0.332. The summed E-state index contributed by atoms with van der Waals surface area (Å²) in [6, 6.07) is 25.4. The number of nitrogens with zero attached hydrogens (tertiary/aromatic N) is 1. The van der Waals surface area contributed by atoms with Gasteiger partial charge in [-0.3, -0.25) is 4.98 Å². The first-order valence-corrected chi connectivity index (χ1v) is 13.8. The van der Waals surface area contributed by atoms with Gasteiger partial charge in [0.25, 0.3) is 0 Å². The molecule has 2 heteroatoms. The summed E-state index contributed by atoms with van der Waals surface area (Å²) in [5.74, 6) is 0. The molecule has 6 aromatic rings. The Balaban J connectivity index is 1.49. The van der Waals surface area contributed by atoms with Crippen molar-refractivity contribution in [2.75, 3.05) is 0 Å². The highest BCUT2D eigenvalue weighted by Crippen LogP contribution is 2.49. The Kier molecular flexibility index (Phi) is 4.52. The molecule has 0 radical (unpaired) electrons. The Hall–Kier alpha value is -3.23. The Morgan fingerprint density at radius 3 is 2.11 bits per heavy atom. The van der Waals surface area contributed by atoms with Gasteiger partial charge in [0.05, 0.1) is 5.69 Å². The van der Waals surface area contributed by atoms with E-state index in [1.807, 2.05) is 17.5 Å². The molecule has 1 aliphatic rings. The van der Waals surface area contributed by atoms with Gasteiger partial charge in [-0.05, 0) is 94.3 Å². The molecule has 2 heterocycles. The normalized spacial score (nSPS) is 16.7. The van der Waals surface area contributed by atoms with Gasteiger partial charge in [-0.2, -0.15) is 0 Å². The van der Waals surface area contributed by atoms with Crippen molar-refractivity contribution in [3.05, 3.63) is 89.6 Å². The van der Waals surface area contributed by atoms with Crippen molar-refractivity contribution < 1.29 is 0 Å². The van der Waals surface area contributed by atoms with E-state index in [4.69, 9.17) is 4.98 Å². The molecule has 0 amide bonds. The molecule has 178 valence electrons. The first-order chi connectivity index (χ1) is 17.2. The van der Waals surface area contributed by atoms with Crippen molar-refractivity contribution in [3.8, 4) is 11.3 Å². The van der Waals surface area contributed by atoms with E-state index in [1.54, 1.807) is 0 Å². The molecule has 4 aromatic carbocycles. The number of fused-ring (bicyclic) bond motifs is 6. The molecule has 2 aromatic heterocycles. The first-order valence-electron chi connectivity index (χ1n) is 13.0. The van der Waals surface area contributed by atoms with Gasteiger partial charge < -0.3 is 0 Å². The van der Waals surface area contributed by atoms with Crippen LogP contribution >= 0.6 is 11.3 Å². The van der Waals surface area contributed by atoms with Crippen LogP contribution in [0.5, 0.6) is 0 Å². The molecular formula is C34H31NS. The quantitative estimate of drug-likeness (QED) is 0.226. The molecule has 1 nitrogen and oxygen atoms in total. The summed E-state index contributed by atoms with van der Waals surface area (Å²) in [6.07, 6.45) is 4.44. The molecule has 0 bridgehead atoms. The molecular weight excluding hydrogens is 454 g/mol. The zero-order valence-corrected chi connectivity index (χ0v) is 22.5. The number of pyridine rings is 1. The van der Waals surface area contributed by atoms with Crippen molar-refractivity contribution in [1.29, 1.82) is 0 Å². The van der Waals surface area contributed by atoms with Gasteiger partial charge in [-0.1, -0.05) is 63.6 Å². The maximum atomic E-state index is 4.89. The van der Waals surface area contributed by atoms with Crippen LogP contribution in [0.3, 0.4) is 0 Å². The third-order valence-corrected chi connectivity index (χ3v) is 9.71. The summed E-state index contributed by atoms with van der Waals surface area (Å²) < 4.78 is 2.77. The summed E-state index contributed by atoms with van der Waals surface area (Å²) in [7, 11) is 0. The molecule has 7 rings (SSSR count). The van der Waals surface area contributed by atoms with Crippen LogP contribution in [0.2, 0.25) is 0 Å². The number of benzene rings is 4. The summed E-state index contributed by atoms with van der Waals surface area (Å²) in [6.45, 7) is 11.8. The summed E-state index contributed by atoms with van der Waals surface area (Å²) in [5, 5.41) is 7.78. The largest absolute Gasteiger partial charge is 0.256 e. The fourth-order valence-corrected chi connectivity index (χ4v) is 7.40. The highest BCUT2D eigenvalue weighted by atomic mass is 32.1. The van der Waals surface area contributed by atoms with Crippen LogP contribution in [-0.2, 0) is 10.8 Å². The molecule has 0 saturated heterocycles. The average Bonchev–Trinajstić information content (AvgIpc) is 3.21. The second kappa shape index (κ2) is 7.40. The number of hydrogen-bond donors (Lipinski definition) is 0. The van der Waals surface area contributed by atoms with E-state index in [-0.39, 0.29) is 10.8 Å². The highest BCUT2D eigenvalue weighted by molar-refractivity contribution is 7.25. The van der Waals surface area contributed by atoms with Gasteiger partial charge in [0.2, 0.25) is 0 Å². The van der Waals surface area contributed by atoms with Crippen molar-refractivity contribution in [2.24, 2.45) is 0 Å². The molecule has 0 unspecified atom stereocenters. The lowest BCUT2D eigenvalue weighted by Gasteiger charge is -2.41. The minimum absolute atomic E-state index is 0.209. The number of rotatable bonds is 1. The van der Waals surface area contributed by atoms with E-state index in [0.717, 1.165) is 5.69 Å². The SMILES string of the molecule is Cc1ccc2cc(-c3nccc4cc5sc6cc7c(cc6c5cc34)C(C)(C)CCC7(C)C)ccc2c1. The van der Waals surface area contributed by atoms with E-state index in [2.05, 4.69) is 101 Å². The predicted molar refractivity (Wildman–Crippen MR) is 158 cm³/mol. The highest BCUT2D eigenvalue weighted by Gasteiger charge is 2.37. The van der Waals surface area contributed by atoms with Crippen molar-refractivity contribution in [3.63, 3.8) is 0 Å². The van der Waals surface area contributed by atoms with Crippen LogP contribution in [0.1, 0.15) is 57.2 Å². The lowest BCUT2D eigenvalue weighted by atomic mass is 9.63. The van der Waals surface area contributed by atoms with E-state index < -0.39 is 0 Å². The molecule has 36 heavy (non-hydrogen) atoms. The third-order valence-electron chi connectivity index (χ3n) is 8.60. The zero-order chi connectivity index (χ0) is 24.8. The van der Waals surface area contributed by atoms with Crippen molar-refractivity contribution >= 4 is 53.1 Å². The second-order valence-electron chi connectivity index (χ2n) is 12.1. The van der Waals surface area contributed by atoms with Crippen LogP contribution < -0.4 is 0 Å². The Bertz CT molecular complexity index is 1850. The number of hydrogen-bond acceptors (Lipinski definition) is 2. The van der Waals surface area contributed by atoms with Crippen LogP contribution in [0.15, 0.2) is 72.9 Å². The first kappa shape index (κ1) is 22.0. The summed E-state index contributed by atoms with van der Waals surface area (Å²) in [5.41, 5.74) is 7.04. The maximum Gasteiger partial charge on any atom is 0.0780 e. The molecule has 0 fully saturated rings. The van der Waals surface area contributed by atoms with Crippen molar-refractivity contribution in [1.82, 2.24) is 4.98 Å². The summed E-state index contributed by atoms with van der Waals surface area (Å²) in [4.78, 5) is 4.89. The Labute approximate surface area is 216 Å². The molecule has 0 saturated carbocycles. The van der Waals surface area contributed by atoms with Crippen LogP contribution in [-0.4, -0.2) is 4.98 Å². The number of thiophene rings is 1. The Morgan fingerprint density at radius 2 is 1.31 bits per heavy atom. The van der Waals surface area contributed by atoms with E-state index in [0.29, 0.717) is 0 Å². The molecule has 0 aliphatic heterocycles. The predicted octanol–water partition coefficient (Wildman–Crippen LogP) is 10.1. The number of aromatic nitrogens is 1. The molecule has 1 aliphatic carbocycles.